The largest absolute Gasteiger partial charge is 0.467 e. The van der Waals surface area contributed by atoms with Crippen molar-refractivity contribution in [3.05, 3.63) is 0 Å². The first-order valence-corrected chi connectivity index (χ1v) is 9.19. The molecule has 0 saturated carbocycles. The number of hydrogen-bond donors (Lipinski definition) is 6. The van der Waals surface area contributed by atoms with Crippen molar-refractivity contribution in [2.45, 2.75) is 70.5 Å². The maximum absolute atomic E-state index is 12.7. The highest BCUT2D eigenvalue weighted by Gasteiger charge is 2.26. The van der Waals surface area contributed by atoms with Crippen LogP contribution < -0.4 is 27.8 Å². The molecule has 0 fully saturated rings. The third-order valence-corrected chi connectivity index (χ3v) is 3.79. The summed E-state index contributed by atoms with van der Waals surface area (Å²) in [6.45, 7) is 4.31. The minimum atomic E-state index is -0.733. The third kappa shape index (κ3) is 12.6. The van der Waals surface area contributed by atoms with Gasteiger partial charge in [0.2, 0.25) is 5.91 Å². The van der Waals surface area contributed by atoms with Crippen molar-refractivity contribution in [2.24, 2.45) is 22.2 Å². The summed E-state index contributed by atoms with van der Waals surface area (Å²) in [5.74, 6) is -0.634. The Morgan fingerprint density at radius 1 is 1.07 bits per heavy atom. The smallest absolute Gasteiger partial charge is 0.328 e. The molecule has 0 bridgehead atoms. The molecule has 0 rings (SSSR count). The van der Waals surface area contributed by atoms with Crippen molar-refractivity contribution in [3.8, 4) is 0 Å². The molecule has 0 spiro atoms. The van der Waals surface area contributed by atoms with Gasteiger partial charge in [-0.05, 0) is 25.7 Å². The van der Waals surface area contributed by atoms with Gasteiger partial charge in [0.05, 0.1) is 19.0 Å². The minimum Gasteiger partial charge on any atom is -0.467 e. The van der Waals surface area contributed by atoms with Crippen molar-refractivity contribution in [2.75, 3.05) is 13.7 Å². The average molecular weight is 386 g/mol. The van der Waals surface area contributed by atoms with E-state index in [1.807, 2.05) is 13.8 Å². The van der Waals surface area contributed by atoms with E-state index in [0.717, 1.165) is 0 Å². The molecule has 9 N–H and O–H groups in total. The van der Waals surface area contributed by atoms with Crippen LogP contribution in [0.2, 0.25) is 0 Å². The molecule has 0 aliphatic rings. The summed E-state index contributed by atoms with van der Waals surface area (Å²) in [6.07, 6.45) is 3.35. The zero-order valence-electron chi connectivity index (χ0n) is 16.6. The predicted molar refractivity (Wildman–Crippen MR) is 106 cm³/mol. The Morgan fingerprint density at radius 3 is 2.22 bits per heavy atom. The second-order valence-corrected chi connectivity index (χ2v) is 6.68. The Balaban J connectivity index is 4.78. The molecule has 156 valence electrons. The summed E-state index contributed by atoms with van der Waals surface area (Å²) < 4.78 is 4.79. The topological polar surface area (TPSA) is 182 Å². The van der Waals surface area contributed by atoms with Gasteiger partial charge in [-0.15, -0.1) is 0 Å². The van der Waals surface area contributed by atoms with E-state index in [4.69, 9.17) is 27.3 Å². The number of nitrogens with two attached hydrogens (primary N) is 3. The van der Waals surface area contributed by atoms with Crippen molar-refractivity contribution in [1.82, 2.24) is 10.6 Å². The molecular formula is C17H35N7O3. The van der Waals surface area contributed by atoms with E-state index >= 15 is 0 Å². The Morgan fingerprint density at radius 2 is 1.70 bits per heavy atom. The molecule has 1 amide bonds. The number of nitrogens with zero attached hydrogens (tertiary/aromatic N) is 1. The lowest BCUT2D eigenvalue weighted by atomic mass is 10.1. The maximum atomic E-state index is 12.7. The van der Waals surface area contributed by atoms with Crippen LogP contribution in [0.25, 0.3) is 0 Å². The van der Waals surface area contributed by atoms with E-state index in [-0.39, 0.29) is 23.7 Å². The SMILES string of the molecule is COC(=O)C(CCCCC(=N)N)NC(=O)C(CCCN=C(N)N)NC(C)C. The van der Waals surface area contributed by atoms with Gasteiger partial charge in [0.15, 0.2) is 5.96 Å². The minimum absolute atomic E-state index is 0.0177. The lowest BCUT2D eigenvalue weighted by Crippen LogP contribution is -2.52. The lowest BCUT2D eigenvalue weighted by Gasteiger charge is -2.23. The van der Waals surface area contributed by atoms with Crippen molar-refractivity contribution < 1.29 is 14.3 Å². The standard InChI is InChI=1S/C17H35N7O3/c1-11(2)23-12(8-6-10-22-17(20)21)15(25)24-13(16(26)27-3)7-4-5-9-14(18)19/h11-13,23H,4-10H2,1-3H3,(H3,18,19)(H,24,25)(H4,20,21,22). The number of amides is 1. The van der Waals surface area contributed by atoms with E-state index in [0.29, 0.717) is 45.1 Å². The van der Waals surface area contributed by atoms with Crippen LogP contribution in [0.5, 0.6) is 0 Å². The monoisotopic (exact) mass is 385 g/mol. The zero-order valence-corrected chi connectivity index (χ0v) is 16.6. The summed E-state index contributed by atoms with van der Waals surface area (Å²) in [4.78, 5) is 28.6. The fourth-order valence-electron chi connectivity index (χ4n) is 2.52. The zero-order chi connectivity index (χ0) is 20.8. The first kappa shape index (κ1) is 24.6. The number of ether oxygens (including phenoxy) is 1. The quantitative estimate of drug-likeness (QED) is 0.101. The van der Waals surface area contributed by atoms with Gasteiger partial charge in [-0.1, -0.05) is 20.3 Å². The summed E-state index contributed by atoms with van der Waals surface area (Å²) in [5.41, 5.74) is 15.9. The number of aliphatic imine (C=N–C) groups is 1. The predicted octanol–water partition coefficient (Wildman–Crippen LogP) is -0.439. The van der Waals surface area contributed by atoms with Crippen LogP contribution in [0.3, 0.4) is 0 Å². The van der Waals surface area contributed by atoms with Crippen LogP contribution in [-0.4, -0.2) is 55.5 Å². The fraction of sp³-hybridized carbons (Fsp3) is 0.765. The van der Waals surface area contributed by atoms with Gasteiger partial charge in [-0.25, -0.2) is 4.79 Å². The maximum Gasteiger partial charge on any atom is 0.328 e. The number of nitrogens with one attached hydrogen (secondary N) is 3. The molecule has 0 aliphatic carbocycles. The van der Waals surface area contributed by atoms with Gasteiger partial charge in [-0.2, -0.15) is 0 Å². The molecule has 2 unspecified atom stereocenters. The van der Waals surface area contributed by atoms with E-state index in [9.17, 15) is 9.59 Å². The van der Waals surface area contributed by atoms with Crippen LogP contribution >= 0.6 is 0 Å². The number of rotatable bonds is 14. The first-order chi connectivity index (χ1) is 12.7. The highest BCUT2D eigenvalue weighted by atomic mass is 16.5. The van der Waals surface area contributed by atoms with E-state index in [2.05, 4.69) is 15.6 Å². The molecule has 27 heavy (non-hydrogen) atoms. The van der Waals surface area contributed by atoms with Crippen molar-refractivity contribution >= 4 is 23.7 Å². The molecular weight excluding hydrogens is 350 g/mol. The Hall–Kier alpha value is -2.36. The van der Waals surface area contributed by atoms with Gasteiger partial charge < -0.3 is 32.6 Å². The number of carbonyl (C=O) groups excluding carboxylic acids is 2. The number of hydrogen-bond acceptors (Lipinski definition) is 6. The van der Waals surface area contributed by atoms with Gasteiger partial charge in [0.1, 0.15) is 6.04 Å². The van der Waals surface area contributed by atoms with E-state index < -0.39 is 18.1 Å². The fourth-order valence-corrected chi connectivity index (χ4v) is 2.52. The van der Waals surface area contributed by atoms with Crippen LogP contribution in [-0.2, 0) is 14.3 Å². The number of guanidine groups is 1. The molecule has 0 heterocycles. The Kier molecular flexibility index (Phi) is 12.6. The van der Waals surface area contributed by atoms with Gasteiger partial charge in [-0.3, -0.25) is 15.2 Å². The van der Waals surface area contributed by atoms with Gasteiger partial charge in [0.25, 0.3) is 0 Å². The van der Waals surface area contributed by atoms with Gasteiger partial charge in [0, 0.05) is 19.0 Å². The number of carbonyl (C=O) groups is 2. The Labute approximate surface area is 161 Å². The van der Waals surface area contributed by atoms with Crippen molar-refractivity contribution in [3.63, 3.8) is 0 Å². The van der Waals surface area contributed by atoms with E-state index in [1.54, 1.807) is 0 Å². The van der Waals surface area contributed by atoms with Crippen LogP contribution in [0, 0.1) is 5.41 Å². The molecule has 0 radical (unpaired) electrons. The molecule has 0 aromatic carbocycles. The molecule has 0 aromatic rings. The molecule has 0 aliphatic heterocycles. The third-order valence-electron chi connectivity index (χ3n) is 3.79. The molecule has 0 saturated heterocycles. The number of methoxy groups -OCH3 is 1. The molecule has 10 nitrogen and oxygen atoms in total. The summed E-state index contributed by atoms with van der Waals surface area (Å²) in [7, 11) is 1.29. The normalized spacial score (nSPS) is 12.9. The van der Waals surface area contributed by atoms with Crippen molar-refractivity contribution in [1.29, 1.82) is 5.41 Å². The molecule has 2 atom stereocenters. The van der Waals surface area contributed by atoms with Crippen LogP contribution in [0.4, 0.5) is 0 Å². The summed E-state index contributed by atoms with van der Waals surface area (Å²) in [6, 6.07) is -1.11. The number of esters is 1. The van der Waals surface area contributed by atoms with E-state index in [1.165, 1.54) is 7.11 Å². The number of amidine groups is 1. The van der Waals surface area contributed by atoms with Crippen LogP contribution in [0.15, 0.2) is 4.99 Å². The average Bonchev–Trinajstić information content (AvgIpc) is 2.58. The molecule has 10 heteroatoms. The van der Waals surface area contributed by atoms with Crippen LogP contribution in [0.1, 0.15) is 52.4 Å². The summed E-state index contributed by atoms with van der Waals surface area (Å²) in [5, 5.41) is 13.2. The second-order valence-electron chi connectivity index (χ2n) is 6.68. The molecule has 0 aromatic heterocycles. The van der Waals surface area contributed by atoms with Gasteiger partial charge >= 0.3 is 5.97 Å². The highest BCUT2D eigenvalue weighted by Crippen LogP contribution is 2.07. The number of unbranched alkanes of at least 4 members (excludes halogenated alkanes) is 1. The Bertz CT molecular complexity index is 505. The highest BCUT2D eigenvalue weighted by molar-refractivity contribution is 5.87. The first-order valence-electron chi connectivity index (χ1n) is 9.19. The summed E-state index contributed by atoms with van der Waals surface area (Å²) >= 11 is 0. The second kappa shape index (κ2) is 13.8. The lowest BCUT2D eigenvalue weighted by molar-refractivity contribution is -0.145.